The van der Waals surface area contributed by atoms with Crippen molar-refractivity contribution in [3.63, 3.8) is 0 Å². The van der Waals surface area contributed by atoms with Gasteiger partial charge in [0.2, 0.25) is 0 Å². The molecule has 0 spiro atoms. The van der Waals surface area contributed by atoms with Gasteiger partial charge in [0.05, 0.1) is 0 Å². The van der Waals surface area contributed by atoms with E-state index < -0.39 is 0 Å². The maximum atomic E-state index is 5.58. The molecular formula is C14H29NO. The zero-order valence-electron chi connectivity index (χ0n) is 11.0. The average molecular weight is 227 g/mol. The molecule has 16 heavy (non-hydrogen) atoms. The van der Waals surface area contributed by atoms with Gasteiger partial charge < -0.3 is 10.1 Å². The highest BCUT2D eigenvalue weighted by Gasteiger charge is 2.20. The maximum absolute atomic E-state index is 5.58. The minimum atomic E-state index is 0.909. The van der Waals surface area contributed by atoms with Gasteiger partial charge in [-0.3, -0.25) is 0 Å². The molecule has 1 saturated carbocycles. The molecule has 0 amide bonds. The van der Waals surface area contributed by atoms with Crippen LogP contribution in [-0.4, -0.2) is 26.3 Å². The number of rotatable bonds is 12. The van der Waals surface area contributed by atoms with Gasteiger partial charge in [-0.25, -0.2) is 0 Å². The van der Waals surface area contributed by atoms with Crippen LogP contribution >= 0.6 is 0 Å². The molecule has 0 aliphatic heterocycles. The number of unbranched alkanes of at least 4 members (excludes halogenated alkanes) is 4. The molecule has 1 aliphatic rings. The standard InChI is InChI=1S/C14H29NO/c1-2-3-4-5-6-10-15-11-7-12-16-13-14-8-9-14/h14-15H,2-13H2,1H3. The Kier molecular flexibility index (Phi) is 8.83. The van der Waals surface area contributed by atoms with Crippen LogP contribution in [0.15, 0.2) is 0 Å². The average Bonchev–Trinajstić information content (AvgIpc) is 3.10. The summed E-state index contributed by atoms with van der Waals surface area (Å²) in [6, 6.07) is 0. The molecule has 0 saturated heterocycles. The maximum Gasteiger partial charge on any atom is 0.0494 e. The summed E-state index contributed by atoms with van der Waals surface area (Å²) in [7, 11) is 0. The third-order valence-electron chi connectivity index (χ3n) is 3.15. The largest absolute Gasteiger partial charge is 0.381 e. The first-order valence-electron chi connectivity index (χ1n) is 7.22. The Morgan fingerprint density at radius 2 is 1.75 bits per heavy atom. The second kappa shape index (κ2) is 10.1. The molecule has 0 unspecified atom stereocenters. The molecule has 0 aromatic rings. The molecule has 2 nitrogen and oxygen atoms in total. The lowest BCUT2D eigenvalue weighted by Gasteiger charge is -2.05. The van der Waals surface area contributed by atoms with Crippen LogP contribution in [0.4, 0.5) is 0 Å². The third kappa shape index (κ3) is 9.17. The van der Waals surface area contributed by atoms with Crippen LogP contribution in [0.1, 0.15) is 58.3 Å². The van der Waals surface area contributed by atoms with Crippen molar-refractivity contribution in [1.29, 1.82) is 0 Å². The molecule has 1 fully saturated rings. The van der Waals surface area contributed by atoms with Crippen molar-refractivity contribution < 1.29 is 4.74 Å². The summed E-state index contributed by atoms with van der Waals surface area (Å²) in [6.45, 7) is 6.53. The van der Waals surface area contributed by atoms with Crippen molar-refractivity contribution in [2.75, 3.05) is 26.3 Å². The normalized spacial score (nSPS) is 15.6. The van der Waals surface area contributed by atoms with Crippen LogP contribution in [0, 0.1) is 5.92 Å². The Balaban J connectivity index is 1.61. The van der Waals surface area contributed by atoms with Crippen LogP contribution in [0.3, 0.4) is 0 Å². The van der Waals surface area contributed by atoms with Crippen molar-refractivity contribution in [2.24, 2.45) is 5.92 Å². The topological polar surface area (TPSA) is 21.3 Å². The summed E-state index contributed by atoms with van der Waals surface area (Å²) >= 11 is 0. The highest BCUT2D eigenvalue weighted by Crippen LogP contribution is 2.28. The molecule has 0 aromatic carbocycles. The molecule has 1 N–H and O–H groups in total. The van der Waals surface area contributed by atoms with Gasteiger partial charge in [-0.05, 0) is 44.7 Å². The first kappa shape index (κ1) is 14.0. The van der Waals surface area contributed by atoms with Gasteiger partial charge >= 0.3 is 0 Å². The molecule has 2 heteroatoms. The summed E-state index contributed by atoms with van der Waals surface area (Å²) in [6.07, 6.45) is 10.8. The quantitative estimate of drug-likeness (QED) is 0.516. The van der Waals surface area contributed by atoms with Crippen LogP contribution < -0.4 is 5.32 Å². The Bertz CT molecular complexity index is 146. The second-order valence-electron chi connectivity index (χ2n) is 5.04. The van der Waals surface area contributed by atoms with Crippen LogP contribution in [0.2, 0.25) is 0 Å². The van der Waals surface area contributed by atoms with Gasteiger partial charge in [0.1, 0.15) is 0 Å². The lowest BCUT2D eigenvalue weighted by molar-refractivity contribution is 0.122. The Morgan fingerprint density at radius 1 is 1.00 bits per heavy atom. The number of nitrogens with one attached hydrogen (secondary N) is 1. The molecule has 0 atom stereocenters. The lowest BCUT2D eigenvalue weighted by atomic mass is 10.1. The molecule has 0 radical (unpaired) electrons. The minimum absolute atomic E-state index is 0.909. The van der Waals surface area contributed by atoms with E-state index in [4.69, 9.17) is 4.74 Å². The summed E-state index contributed by atoms with van der Waals surface area (Å²) < 4.78 is 5.58. The van der Waals surface area contributed by atoms with Gasteiger partial charge in [-0.2, -0.15) is 0 Å². The lowest BCUT2D eigenvalue weighted by Crippen LogP contribution is -2.18. The molecule has 0 heterocycles. The predicted molar refractivity (Wildman–Crippen MR) is 69.8 cm³/mol. The van der Waals surface area contributed by atoms with E-state index in [1.54, 1.807) is 0 Å². The van der Waals surface area contributed by atoms with E-state index >= 15 is 0 Å². The zero-order valence-corrected chi connectivity index (χ0v) is 11.0. The molecule has 96 valence electrons. The van der Waals surface area contributed by atoms with E-state index in [0.717, 1.165) is 25.7 Å². The van der Waals surface area contributed by atoms with Gasteiger partial charge in [-0.1, -0.05) is 32.6 Å². The van der Waals surface area contributed by atoms with E-state index in [2.05, 4.69) is 12.2 Å². The molecule has 0 aromatic heterocycles. The monoisotopic (exact) mass is 227 g/mol. The highest BCUT2D eigenvalue weighted by atomic mass is 16.5. The smallest absolute Gasteiger partial charge is 0.0494 e. The van der Waals surface area contributed by atoms with Crippen LogP contribution in [0.25, 0.3) is 0 Å². The van der Waals surface area contributed by atoms with Crippen molar-refractivity contribution in [3.05, 3.63) is 0 Å². The molecule has 1 rings (SSSR count). The Hall–Kier alpha value is -0.0800. The van der Waals surface area contributed by atoms with Crippen molar-refractivity contribution in [2.45, 2.75) is 58.3 Å². The van der Waals surface area contributed by atoms with Gasteiger partial charge in [-0.15, -0.1) is 0 Å². The Labute approximate surface area is 101 Å². The summed E-state index contributed by atoms with van der Waals surface area (Å²) in [5.41, 5.74) is 0. The fourth-order valence-electron chi connectivity index (χ4n) is 1.81. The SMILES string of the molecule is CCCCCCCNCCCOCC1CC1. The third-order valence-corrected chi connectivity index (χ3v) is 3.15. The van der Waals surface area contributed by atoms with Gasteiger partial charge in [0.25, 0.3) is 0 Å². The van der Waals surface area contributed by atoms with E-state index in [-0.39, 0.29) is 0 Å². The van der Waals surface area contributed by atoms with Gasteiger partial charge in [0.15, 0.2) is 0 Å². The summed E-state index contributed by atoms with van der Waals surface area (Å²) in [4.78, 5) is 0. The van der Waals surface area contributed by atoms with Crippen molar-refractivity contribution >= 4 is 0 Å². The Morgan fingerprint density at radius 3 is 2.50 bits per heavy atom. The summed E-state index contributed by atoms with van der Waals surface area (Å²) in [5.74, 6) is 0.909. The van der Waals surface area contributed by atoms with Crippen LogP contribution in [-0.2, 0) is 4.74 Å². The number of ether oxygens (including phenoxy) is 1. The molecule has 1 aliphatic carbocycles. The first-order chi connectivity index (χ1) is 7.93. The zero-order chi connectivity index (χ0) is 11.5. The molecular weight excluding hydrogens is 198 g/mol. The predicted octanol–water partition coefficient (Wildman–Crippen LogP) is 3.36. The van der Waals surface area contributed by atoms with E-state index in [0.29, 0.717) is 0 Å². The number of hydrogen-bond acceptors (Lipinski definition) is 2. The van der Waals surface area contributed by atoms with E-state index in [9.17, 15) is 0 Å². The fourth-order valence-corrected chi connectivity index (χ4v) is 1.81. The summed E-state index contributed by atoms with van der Waals surface area (Å²) in [5, 5.41) is 3.49. The van der Waals surface area contributed by atoms with Crippen molar-refractivity contribution in [1.82, 2.24) is 5.32 Å². The first-order valence-corrected chi connectivity index (χ1v) is 7.22. The fraction of sp³-hybridized carbons (Fsp3) is 1.00. The van der Waals surface area contributed by atoms with E-state index in [1.807, 2.05) is 0 Å². The highest BCUT2D eigenvalue weighted by molar-refractivity contribution is 4.71. The number of hydrogen-bond donors (Lipinski definition) is 1. The minimum Gasteiger partial charge on any atom is -0.381 e. The second-order valence-corrected chi connectivity index (χ2v) is 5.04. The van der Waals surface area contributed by atoms with Crippen molar-refractivity contribution in [3.8, 4) is 0 Å². The molecule has 0 bridgehead atoms. The van der Waals surface area contributed by atoms with Gasteiger partial charge in [0, 0.05) is 13.2 Å². The van der Waals surface area contributed by atoms with Crippen LogP contribution in [0.5, 0.6) is 0 Å². The van der Waals surface area contributed by atoms with E-state index in [1.165, 1.54) is 57.9 Å².